The van der Waals surface area contributed by atoms with E-state index in [4.69, 9.17) is 20.5 Å². The second-order valence-corrected chi connectivity index (χ2v) is 6.09. The van der Waals surface area contributed by atoms with Crippen LogP contribution in [-0.2, 0) is 11.2 Å². The molecule has 1 amide bonds. The van der Waals surface area contributed by atoms with Gasteiger partial charge in [-0.05, 0) is 30.3 Å². The largest absolute Gasteiger partial charge is 0.453 e. The zero-order valence-corrected chi connectivity index (χ0v) is 14.1. The molecular formula is C19H12ClFN2O3. The molecule has 7 heteroatoms. The predicted octanol–water partition coefficient (Wildman–Crippen LogP) is 5.06. The summed E-state index contributed by atoms with van der Waals surface area (Å²) in [6.07, 6.45) is -0.00127. The summed E-state index contributed by atoms with van der Waals surface area (Å²) in [5.74, 6) is 0.110. The number of aromatic nitrogens is 1. The van der Waals surface area contributed by atoms with Crippen molar-refractivity contribution >= 4 is 34.2 Å². The first-order chi connectivity index (χ1) is 12.6. The van der Waals surface area contributed by atoms with E-state index in [9.17, 15) is 9.18 Å². The maximum absolute atomic E-state index is 13.1. The summed E-state index contributed by atoms with van der Waals surface area (Å²) >= 11 is 5.70. The van der Waals surface area contributed by atoms with Gasteiger partial charge >= 0.3 is 0 Å². The van der Waals surface area contributed by atoms with E-state index in [0.717, 1.165) is 11.0 Å². The second kappa shape index (κ2) is 6.65. The first kappa shape index (κ1) is 16.4. The maximum atomic E-state index is 13.1. The van der Waals surface area contributed by atoms with Gasteiger partial charge in [0.1, 0.15) is 11.4 Å². The Hall–Kier alpha value is -3.12. The highest BCUT2D eigenvalue weighted by molar-refractivity contribution is 6.31. The van der Waals surface area contributed by atoms with E-state index in [-0.39, 0.29) is 17.4 Å². The average molecular weight is 371 g/mol. The van der Waals surface area contributed by atoms with Crippen LogP contribution in [0.2, 0.25) is 5.02 Å². The Morgan fingerprint density at radius 1 is 1.12 bits per heavy atom. The summed E-state index contributed by atoms with van der Waals surface area (Å²) in [5.41, 5.74) is 1.60. The van der Waals surface area contributed by atoms with Crippen LogP contribution in [0.5, 0.6) is 0 Å². The highest BCUT2D eigenvalue weighted by Gasteiger charge is 2.14. The Kier molecular flexibility index (Phi) is 4.18. The van der Waals surface area contributed by atoms with E-state index in [1.54, 1.807) is 6.07 Å². The second-order valence-electron chi connectivity index (χ2n) is 5.68. The van der Waals surface area contributed by atoms with Gasteiger partial charge in [0.05, 0.1) is 17.1 Å². The highest BCUT2D eigenvalue weighted by atomic mass is 35.5. The molecule has 0 radical (unpaired) electrons. The molecule has 26 heavy (non-hydrogen) atoms. The fourth-order valence-electron chi connectivity index (χ4n) is 2.56. The summed E-state index contributed by atoms with van der Waals surface area (Å²) < 4.78 is 24.1. The molecule has 4 aromatic rings. The van der Waals surface area contributed by atoms with Gasteiger partial charge in [0, 0.05) is 17.1 Å². The molecule has 5 nitrogen and oxygen atoms in total. The fourth-order valence-corrected chi connectivity index (χ4v) is 2.74. The molecule has 0 fully saturated rings. The Bertz CT molecular complexity index is 1070. The molecule has 0 bridgehead atoms. The quantitative estimate of drug-likeness (QED) is 0.545. The van der Waals surface area contributed by atoms with E-state index in [1.807, 2.05) is 30.3 Å². The zero-order chi connectivity index (χ0) is 18.1. The number of fused-ring (bicyclic) bond motifs is 1. The zero-order valence-electron chi connectivity index (χ0n) is 13.3. The van der Waals surface area contributed by atoms with Crippen LogP contribution in [0.4, 0.5) is 10.1 Å². The first-order valence-electron chi connectivity index (χ1n) is 7.78. The molecule has 0 saturated carbocycles. The van der Waals surface area contributed by atoms with Crippen LogP contribution in [0.1, 0.15) is 5.69 Å². The predicted molar refractivity (Wildman–Crippen MR) is 95.5 cm³/mol. The van der Waals surface area contributed by atoms with Crippen LogP contribution in [0, 0.1) is 5.82 Å². The topological polar surface area (TPSA) is 68.3 Å². The van der Waals surface area contributed by atoms with Crippen LogP contribution < -0.4 is 5.32 Å². The van der Waals surface area contributed by atoms with Crippen LogP contribution in [0.15, 0.2) is 63.5 Å². The Balaban J connectivity index is 1.47. The van der Waals surface area contributed by atoms with Gasteiger partial charge in [0.2, 0.25) is 11.7 Å². The van der Waals surface area contributed by atoms with Crippen molar-refractivity contribution in [3.8, 4) is 11.5 Å². The van der Waals surface area contributed by atoms with Crippen molar-refractivity contribution in [2.24, 2.45) is 0 Å². The van der Waals surface area contributed by atoms with E-state index in [0.29, 0.717) is 22.9 Å². The summed E-state index contributed by atoms with van der Waals surface area (Å²) in [6, 6.07) is 15.0. The third kappa shape index (κ3) is 3.32. The molecule has 2 heterocycles. The average Bonchev–Trinajstić information content (AvgIpc) is 3.24. The molecule has 0 spiro atoms. The molecule has 0 aliphatic carbocycles. The number of hydrogen-bond acceptors (Lipinski definition) is 4. The van der Waals surface area contributed by atoms with Crippen LogP contribution in [-0.4, -0.2) is 11.1 Å². The molecular weight excluding hydrogens is 359 g/mol. The normalized spacial score (nSPS) is 11.0. The SMILES string of the molecule is O=C(Cc1cc(-c2cc3ccccc3o2)on1)Nc1ccc(F)c(Cl)c1. The number of halogens is 2. The molecule has 0 aliphatic heterocycles. The van der Waals surface area contributed by atoms with E-state index < -0.39 is 5.82 Å². The number of carbonyl (C=O) groups excluding carboxylic acids is 1. The Labute approximate surface area is 152 Å². The van der Waals surface area contributed by atoms with Gasteiger partial charge in [-0.3, -0.25) is 4.79 Å². The van der Waals surface area contributed by atoms with Crippen molar-refractivity contribution in [1.82, 2.24) is 5.16 Å². The summed E-state index contributed by atoms with van der Waals surface area (Å²) in [4.78, 5) is 12.1. The number of nitrogens with zero attached hydrogens (tertiary/aromatic N) is 1. The van der Waals surface area contributed by atoms with Crippen molar-refractivity contribution in [2.75, 3.05) is 5.32 Å². The summed E-state index contributed by atoms with van der Waals surface area (Å²) in [6.45, 7) is 0. The van der Waals surface area contributed by atoms with Gasteiger partial charge < -0.3 is 14.3 Å². The van der Waals surface area contributed by atoms with Crippen LogP contribution in [0.25, 0.3) is 22.5 Å². The number of hydrogen-bond donors (Lipinski definition) is 1. The van der Waals surface area contributed by atoms with Gasteiger partial charge in [0.15, 0.2) is 5.76 Å². The lowest BCUT2D eigenvalue weighted by atomic mass is 10.2. The van der Waals surface area contributed by atoms with Crippen molar-refractivity contribution < 1.29 is 18.1 Å². The van der Waals surface area contributed by atoms with Gasteiger partial charge in [-0.25, -0.2) is 4.39 Å². The molecule has 0 atom stereocenters. The molecule has 130 valence electrons. The molecule has 4 rings (SSSR count). The minimum atomic E-state index is -0.545. The number of anilines is 1. The minimum absolute atomic E-state index is 0.00127. The molecule has 2 aromatic carbocycles. The van der Waals surface area contributed by atoms with Crippen molar-refractivity contribution in [3.63, 3.8) is 0 Å². The smallest absolute Gasteiger partial charge is 0.230 e. The van der Waals surface area contributed by atoms with Gasteiger partial charge in [-0.15, -0.1) is 0 Å². The number of nitrogens with one attached hydrogen (secondary N) is 1. The van der Waals surface area contributed by atoms with Crippen molar-refractivity contribution in [3.05, 3.63) is 71.1 Å². The van der Waals surface area contributed by atoms with Crippen molar-refractivity contribution in [1.29, 1.82) is 0 Å². The lowest BCUT2D eigenvalue weighted by Crippen LogP contribution is -2.14. The maximum Gasteiger partial charge on any atom is 0.230 e. The molecule has 1 N–H and O–H groups in total. The van der Waals surface area contributed by atoms with Crippen LogP contribution >= 0.6 is 11.6 Å². The number of para-hydroxylation sites is 1. The molecule has 2 aromatic heterocycles. The van der Waals surface area contributed by atoms with Crippen molar-refractivity contribution in [2.45, 2.75) is 6.42 Å². The lowest BCUT2D eigenvalue weighted by Gasteiger charge is -2.04. The number of furan rings is 1. The molecule has 0 unspecified atom stereocenters. The standard InChI is InChI=1S/C19H12ClFN2O3/c20-14-8-12(5-6-15(14)21)22-19(24)10-13-9-18(26-23-13)17-7-11-3-1-2-4-16(11)25-17/h1-9H,10H2,(H,22,24). The van der Waals surface area contributed by atoms with Gasteiger partial charge in [-0.1, -0.05) is 35.0 Å². The summed E-state index contributed by atoms with van der Waals surface area (Å²) in [5, 5.41) is 7.42. The van der Waals surface area contributed by atoms with E-state index in [2.05, 4.69) is 10.5 Å². The number of rotatable bonds is 4. The fraction of sp³-hybridized carbons (Fsp3) is 0.0526. The third-order valence-electron chi connectivity index (χ3n) is 3.77. The van der Waals surface area contributed by atoms with E-state index in [1.165, 1.54) is 18.2 Å². The Morgan fingerprint density at radius 3 is 2.77 bits per heavy atom. The molecule has 0 aliphatic rings. The highest BCUT2D eigenvalue weighted by Crippen LogP contribution is 2.28. The number of amides is 1. The van der Waals surface area contributed by atoms with Gasteiger partial charge in [-0.2, -0.15) is 0 Å². The number of carbonyl (C=O) groups is 1. The van der Waals surface area contributed by atoms with E-state index >= 15 is 0 Å². The number of benzene rings is 2. The van der Waals surface area contributed by atoms with Gasteiger partial charge in [0.25, 0.3) is 0 Å². The first-order valence-corrected chi connectivity index (χ1v) is 8.16. The minimum Gasteiger partial charge on any atom is -0.453 e. The third-order valence-corrected chi connectivity index (χ3v) is 4.06. The summed E-state index contributed by atoms with van der Waals surface area (Å²) in [7, 11) is 0. The monoisotopic (exact) mass is 370 g/mol. The molecule has 0 saturated heterocycles. The lowest BCUT2D eigenvalue weighted by molar-refractivity contribution is -0.115. The Morgan fingerprint density at radius 2 is 1.96 bits per heavy atom. The van der Waals surface area contributed by atoms with Crippen LogP contribution in [0.3, 0.4) is 0 Å².